The van der Waals surface area contributed by atoms with E-state index in [4.69, 9.17) is 0 Å². The minimum absolute atomic E-state index is 0.187. The average Bonchev–Trinajstić information content (AvgIpc) is 2.77. The fourth-order valence-electron chi connectivity index (χ4n) is 3.02. The molecule has 0 aliphatic heterocycles. The summed E-state index contributed by atoms with van der Waals surface area (Å²) >= 11 is 1.82. The van der Waals surface area contributed by atoms with Gasteiger partial charge in [0.25, 0.3) is 0 Å². The first-order valence-electron chi connectivity index (χ1n) is 7.57. The highest BCUT2D eigenvalue weighted by Gasteiger charge is 2.45. The Morgan fingerprint density at radius 3 is 2.67 bits per heavy atom. The number of carboxylic acids is 1. The number of nitrogens with one attached hydrogen (secondary N) is 1. The highest BCUT2D eigenvalue weighted by Crippen LogP contribution is 2.41. The number of aliphatic carboxylic acids is 1. The molecule has 2 N–H and O–H groups in total. The third-order valence-corrected chi connectivity index (χ3v) is 5.49. The Kier molecular flexibility index (Phi) is 4.99. The Labute approximate surface area is 131 Å². The SMILES string of the molecule is Cc1ccc(SC2CCC(NC(C)C)(C(=O)O)C2)cc1C. The van der Waals surface area contributed by atoms with Crippen LogP contribution in [0.4, 0.5) is 0 Å². The zero-order valence-electron chi connectivity index (χ0n) is 13.3. The molecule has 3 nitrogen and oxygen atoms in total. The van der Waals surface area contributed by atoms with E-state index >= 15 is 0 Å². The van der Waals surface area contributed by atoms with Gasteiger partial charge < -0.3 is 5.11 Å². The predicted octanol–water partition coefficient (Wildman–Crippen LogP) is 3.77. The summed E-state index contributed by atoms with van der Waals surface area (Å²) in [5.41, 5.74) is 1.85. The molecule has 21 heavy (non-hydrogen) atoms. The maximum atomic E-state index is 11.7. The van der Waals surface area contributed by atoms with Crippen LogP contribution in [0.25, 0.3) is 0 Å². The fourth-order valence-corrected chi connectivity index (χ4v) is 4.40. The van der Waals surface area contributed by atoms with Gasteiger partial charge in [0, 0.05) is 16.2 Å². The Balaban J connectivity index is 2.06. The number of aryl methyl sites for hydroxylation is 2. The highest BCUT2D eigenvalue weighted by molar-refractivity contribution is 8.00. The molecular weight excluding hydrogens is 282 g/mol. The van der Waals surface area contributed by atoms with Crippen molar-refractivity contribution in [2.45, 2.75) is 68.7 Å². The first-order chi connectivity index (χ1) is 9.82. The largest absolute Gasteiger partial charge is 0.480 e. The van der Waals surface area contributed by atoms with Crippen molar-refractivity contribution in [2.24, 2.45) is 0 Å². The zero-order valence-corrected chi connectivity index (χ0v) is 14.1. The minimum atomic E-state index is -0.744. The Morgan fingerprint density at radius 1 is 1.38 bits per heavy atom. The van der Waals surface area contributed by atoms with Crippen LogP contribution in [0.3, 0.4) is 0 Å². The number of carboxylic acid groups (broad SMARTS) is 1. The molecule has 0 bridgehead atoms. The second kappa shape index (κ2) is 6.41. The van der Waals surface area contributed by atoms with Crippen molar-refractivity contribution in [3.63, 3.8) is 0 Å². The van der Waals surface area contributed by atoms with Gasteiger partial charge in [-0.1, -0.05) is 6.07 Å². The van der Waals surface area contributed by atoms with Crippen LogP contribution in [0, 0.1) is 13.8 Å². The molecule has 1 aromatic carbocycles. The lowest BCUT2D eigenvalue weighted by molar-refractivity contribution is -0.145. The molecule has 1 fully saturated rings. The van der Waals surface area contributed by atoms with Gasteiger partial charge in [-0.2, -0.15) is 0 Å². The average molecular weight is 307 g/mol. The Bertz CT molecular complexity index is 530. The zero-order chi connectivity index (χ0) is 15.6. The van der Waals surface area contributed by atoms with Gasteiger partial charge in [0.2, 0.25) is 0 Å². The molecule has 1 aromatic rings. The van der Waals surface area contributed by atoms with Crippen molar-refractivity contribution in [1.82, 2.24) is 5.32 Å². The number of thioether (sulfide) groups is 1. The van der Waals surface area contributed by atoms with E-state index in [0.717, 1.165) is 6.42 Å². The molecule has 1 saturated carbocycles. The lowest BCUT2D eigenvalue weighted by Crippen LogP contribution is -2.53. The molecule has 2 atom stereocenters. The predicted molar refractivity (Wildman–Crippen MR) is 88.1 cm³/mol. The van der Waals surface area contributed by atoms with E-state index in [1.54, 1.807) is 0 Å². The van der Waals surface area contributed by atoms with Crippen molar-refractivity contribution in [1.29, 1.82) is 0 Å². The van der Waals surface area contributed by atoms with E-state index in [2.05, 4.69) is 37.4 Å². The smallest absolute Gasteiger partial charge is 0.323 e. The van der Waals surface area contributed by atoms with E-state index in [1.165, 1.54) is 16.0 Å². The second-order valence-electron chi connectivity index (χ2n) is 6.42. The number of rotatable bonds is 5. The summed E-state index contributed by atoms with van der Waals surface area (Å²) in [5, 5.41) is 13.3. The molecule has 2 rings (SSSR count). The summed E-state index contributed by atoms with van der Waals surface area (Å²) in [6.07, 6.45) is 2.35. The summed E-state index contributed by atoms with van der Waals surface area (Å²) in [4.78, 5) is 12.9. The standard InChI is InChI=1S/C17H25NO2S/c1-11(2)18-17(16(19)20)8-7-15(10-17)21-14-6-5-12(3)13(4)9-14/h5-6,9,11,15,18H,7-8,10H2,1-4H3,(H,19,20). The van der Waals surface area contributed by atoms with Gasteiger partial charge in [0.15, 0.2) is 0 Å². The monoisotopic (exact) mass is 307 g/mol. The molecule has 0 radical (unpaired) electrons. The molecule has 0 heterocycles. The van der Waals surface area contributed by atoms with Gasteiger partial charge >= 0.3 is 5.97 Å². The van der Waals surface area contributed by atoms with Gasteiger partial charge in [-0.25, -0.2) is 0 Å². The molecular formula is C17H25NO2S. The summed E-state index contributed by atoms with van der Waals surface area (Å²) in [7, 11) is 0. The first-order valence-corrected chi connectivity index (χ1v) is 8.45. The quantitative estimate of drug-likeness (QED) is 0.869. The summed E-state index contributed by atoms with van der Waals surface area (Å²) in [6.45, 7) is 8.25. The van der Waals surface area contributed by atoms with E-state index in [1.807, 2.05) is 25.6 Å². The van der Waals surface area contributed by atoms with Crippen LogP contribution in [0.2, 0.25) is 0 Å². The molecule has 1 aliphatic carbocycles. The number of hydrogen-bond donors (Lipinski definition) is 2. The van der Waals surface area contributed by atoms with Gasteiger partial charge in [-0.15, -0.1) is 11.8 Å². The van der Waals surface area contributed by atoms with Crippen molar-refractivity contribution >= 4 is 17.7 Å². The molecule has 0 aromatic heterocycles. The van der Waals surface area contributed by atoms with E-state index in [0.29, 0.717) is 18.1 Å². The second-order valence-corrected chi connectivity index (χ2v) is 7.79. The maximum Gasteiger partial charge on any atom is 0.323 e. The molecule has 0 amide bonds. The normalized spacial score (nSPS) is 25.5. The Morgan fingerprint density at radius 2 is 2.10 bits per heavy atom. The van der Waals surface area contributed by atoms with Gasteiger partial charge in [0.1, 0.15) is 5.54 Å². The van der Waals surface area contributed by atoms with Crippen molar-refractivity contribution < 1.29 is 9.90 Å². The topological polar surface area (TPSA) is 49.3 Å². The van der Waals surface area contributed by atoms with Crippen LogP contribution in [0.15, 0.2) is 23.1 Å². The van der Waals surface area contributed by atoms with Crippen LogP contribution in [-0.2, 0) is 4.79 Å². The lowest BCUT2D eigenvalue weighted by Gasteiger charge is -2.28. The van der Waals surface area contributed by atoms with E-state index in [9.17, 15) is 9.90 Å². The number of benzene rings is 1. The number of hydrogen-bond acceptors (Lipinski definition) is 3. The first kappa shape index (κ1) is 16.4. The molecule has 2 unspecified atom stereocenters. The molecule has 116 valence electrons. The van der Waals surface area contributed by atoms with Crippen molar-refractivity contribution in [3.05, 3.63) is 29.3 Å². The van der Waals surface area contributed by atoms with Crippen molar-refractivity contribution in [3.8, 4) is 0 Å². The molecule has 4 heteroatoms. The third-order valence-electron chi connectivity index (χ3n) is 4.22. The van der Waals surface area contributed by atoms with Crippen LogP contribution >= 0.6 is 11.8 Å². The van der Waals surface area contributed by atoms with Crippen molar-refractivity contribution in [2.75, 3.05) is 0 Å². The fraction of sp³-hybridized carbons (Fsp3) is 0.588. The van der Waals surface area contributed by atoms with E-state index in [-0.39, 0.29) is 6.04 Å². The maximum absolute atomic E-state index is 11.7. The summed E-state index contributed by atoms with van der Waals surface area (Å²) < 4.78 is 0. The van der Waals surface area contributed by atoms with Crippen LogP contribution in [0.1, 0.15) is 44.2 Å². The highest BCUT2D eigenvalue weighted by atomic mass is 32.2. The van der Waals surface area contributed by atoms with Gasteiger partial charge in [-0.3, -0.25) is 10.1 Å². The Hall–Kier alpha value is -1.00. The third kappa shape index (κ3) is 3.80. The minimum Gasteiger partial charge on any atom is -0.480 e. The lowest BCUT2D eigenvalue weighted by atomic mass is 9.97. The van der Waals surface area contributed by atoms with Gasteiger partial charge in [-0.05, 0) is 70.2 Å². The van der Waals surface area contributed by atoms with Crippen LogP contribution in [0.5, 0.6) is 0 Å². The summed E-state index contributed by atoms with van der Waals surface area (Å²) in [5.74, 6) is -0.709. The van der Waals surface area contributed by atoms with Crippen LogP contribution < -0.4 is 5.32 Å². The summed E-state index contributed by atoms with van der Waals surface area (Å²) in [6, 6.07) is 6.68. The van der Waals surface area contributed by atoms with Crippen LogP contribution in [-0.4, -0.2) is 27.9 Å². The molecule has 1 aliphatic rings. The number of carbonyl (C=O) groups is 1. The molecule has 0 spiro atoms. The van der Waals surface area contributed by atoms with Gasteiger partial charge in [0.05, 0.1) is 0 Å². The van der Waals surface area contributed by atoms with E-state index < -0.39 is 11.5 Å². The molecule has 0 saturated heterocycles.